The Kier molecular flexibility index (Phi) is 11.9. The second-order valence-corrected chi connectivity index (χ2v) is 11.5. The molecule has 7 nitrogen and oxygen atoms in total. The molecule has 0 aromatic heterocycles. The number of alkyl carbamates (subject to hydrolysis) is 1. The molecule has 0 saturated heterocycles. The lowest BCUT2D eigenvalue weighted by Crippen LogP contribution is -2.53. The number of hydrogen-bond acceptors (Lipinski definition) is 4. The fraction of sp³-hybridized carbons (Fsp3) is 0.700. The molecule has 37 heavy (non-hydrogen) atoms. The Morgan fingerprint density at radius 1 is 1.03 bits per heavy atom. The molecule has 2 rings (SSSR count). The summed E-state index contributed by atoms with van der Waals surface area (Å²) < 4.78 is 5.37. The van der Waals surface area contributed by atoms with Gasteiger partial charge < -0.3 is 20.3 Å². The van der Waals surface area contributed by atoms with E-state index in [4.69, 9.17) is 4.74 Å². The van der Waals surface area contributed by atoms with Gasteiger partial charge in [-0.1, -0.05) is 63.6 Å². The van der Waals surface area contributed by atoms with Gasteiger partial charge in [-0.2, -0.15) is 0 Å². The van der Waals surface area contributed by atoms with Crippen LogP contribution in [0.2, 0.25) is 0 Å². The molecular weight excluding hydrogens is 466 g/mol. The van der Waals surface area contributed by atoms with Gasteiger partial charge in [-0.05, 0) is 77.5 Å². The number of ether oxygens (including phenoxy) is 1. The number of benzene rings is 1. The van der Waals surface area contributed by atoms with Crippen LogP contribution in [0.15, 0.2) is 18.2 Å². The molecule has 7 heteroatoms. The van der Waals surface area contributed by atoms with E-state index < -0.39 is 23.8 Å². The molecule has 1 aliphatic carbocycles. The topological polar surface area (TPSA) is 87.7 Å². The van der Waals surface area contributed by atoms with Crippen molar-refractivity contribution in [3.8, 4) is 0 Å². The Morgan fingerprint density at radius 2 is 1.70 bits per heavy atom. The molecule has 1 aliphatic rings. The van der Waals surface area contributed by atoms with Crippen molar-refractivity contribution in [1.82, 2.24) is 15.5 Å². The molecule has 0 radical (unpaired) electrons. The molecule has 0 heterocycles. The van der Waals surface area contributed by atoms with Gasteiger partial charge in [0.1, 0.15) is 17.7 Å². The van der Waals surface area contributed by atoms with Gasteiger partial charge >= 0.3 is 6.09 Å². The minimum absolute atomic E-state index is 0.129. The largest absolute Gasteiger partial charge is 0.444 e. The van der Waals surface area contributed by atoms with Crippen molar-refractivity contribution in [1.29, 1.82) is 0 Å². The number of rotatable bonds is 11. The highest BCUT2D eigenvalue weighted by Crippen LogP contribution is 2.27. The van der Waals surface area contributed by atoms with Gasteiger partial charge in [0.15, 0.2) is 0 Å². The smallest absolute Gasteiger partial charge is 0.408 e. The minimum Gasteiger partial charge on any atom is -0.444 e. The highest BCUT2D eigenvalue weighted by Gasteiger charge is 2.35. The summed E-state index contributed by atoms with van der Waals surface area (Å²) in [5, 5.41) is 5.94. The van der Waals surface area contributed by atoms with E-state index in [0.29, 0.717) is 6.54 Å². The monoisotopic (exact) mass is 515 g/mol. The van der Waals surface area contributed by atoms with E-state index in [1.54, 1.807) is 32.6 Å². The molecule has 0 spiro atoms. The van der Waals surface area contributed by atoms with E-state index in [1.165, 1.54) is 6.42 Å². The van der Waals surface area contributed by atoms with Crippen LogP contribution in [0, 0.1) is 13.8 Å². The predicted octanol–water partition coefficient (Wildman–Crippen LogP) is 6.12. The maximum absolute atomic E-state index is 13.9. The Labute approximate surface area is 224 Å². The first kappa shape index (κ1) is 30.7. The van der Waals surface area contributed by atoms with Crippen molar-refractivity contribution >= 4 is 17.9 Å². The molecule has 1 aromatic rings. The molecule has 2 N–H and O–H groups in total. The third kappa shape index (κ3) is 10.0. The zero-order valence-electron chi connectivity index (χ0n) is 24.1. The first-order valence-electron chi connectivity index (χ1n) is 14.1. The molecule has 0 aliphatic heterocycles. The van der Waals surface area contributed by atoms with E-state index in [9.17, 15) is 14.4 Å². The zero-order chi connectivity index (χ0) is 27.6. The Balaban J connectivity index is 2.38. The fourth-order valence-corrected chi connectivity index (χ4v) is 4.80. The van der Waals surface area contributed by atoms with E-state index in [2.05, 4.69) is 17.6 Å². The lowest BCUT2D eigenvalue weighted by molar-refractivity contribution is -0.142. The summed E-state index contributed by atoms with van der Waals surface area (Å²) in [5.74, 6) is -0.437. The first-order valence-corrected chi connectivity index (χ1v) is 14.1. The Morgan fingerprint density at radius 3 is 2.30 bits per heavy atom. The summed E-state index contributed by atoms with van der Waals surface area (Å²) in [6.07, 6.45) is 8.60. The summed E-state index contributed by atoms with van der Waals surface area (Å²) in [4.78, 5) is 41.8. The third-order valence-corrected chi connectivity index (χ3v) is 7.00. The lowest BCUT2D eigenvalue weighted by atomic mass is 9.94. The van der Waals surface area contributed by atoms with Gasteiger partial charge in [-0.15, -0.1) is 0 Å². The molecular formula is C30H49N3O4. The van der Waals surface area contributed by atoms with Crippen LogP contribution in [-0.4, -0.2) is 47.0 Å². The first-order chi connectivity index (χ1) is 17.4. The second-order valence-electron chi connectivity index (χ2n) is 11.5. The summed E-state index contributed by atoms with van der Waals surface area (Å²) >= 11 is 0. The molecule has 3 amide bonds. The number of hydrogen-bond donors (Lipinski definition) is 2. The summed E-state index contributed by atoms with van der Waals surface area (Å²) in [6.45, 7) is 13.6. The molecule has 1 fully saturated rings. The third-order valence-electron chi connectivity index (χ3n) is 7.00. The summed E-state index contributed by atoms with van der Waals surface area (Å²) in [7, 11) is 0. The van der Waals surface area contributed by atoms with Crippen LogP contribution in [0.25, 0.3) is 0 Å². The maximum Gasteiger partial charge on any atom is 0.408 e. The highest BCUT2D eigenvalue weighted by molar-refractivity contribution is 5.92. The molecule has 1 saturated carbocycles. The van der Waals surface area contributed by atoms with Crippen molar-refractivity contribution < 1.29 is 19.1 Å². The molecule has 2 atom stereocenters. The molecule has 2 unspecified atom stereocenters. The van der Waals surface area contributed by atoms with Crippen LogP contribution in [0.1, 0.15) is 115 Å². The summed E-state index contributed by atoms with van der Waals surface area (Å²) in [5.41, 5.74) is 2.33. The van der Waals surface area contributed by atoms with Gasteiger partial charge in [0.2, 0.25) is 11.8 Å². The number of unbranched alkanes of at least 4 members (excludes halogenated alkanes) is 3. The average molecular weight is 516 g/mol. The van der Waals surface area contributed by atoms with Gasteiger partial charge in [0.05, 0.1) is 0 Å². The summed E-state index contributed by atoms with van der Waals surface area (Å²) in [6, 6.07) is 4.50. The fourth-order valence-electron chi connectivity index (χ4n) is 4.80. The van der Waals surface area contributed by atoms with E-state index in [0.717, 1.165) is 68.1 Å². The van der Waals surface area contributed by atoms with Crippen LogP contribution in [-0.2, 0) is 14.3 Å². The van der Waals surface area contributed by atoms with E-state index in [-0.39, 0.29) is 17.9 Å². The number of carbonyl (C=O) groups is 3. The van der Waals surface area contributed by atoms with Crippen molar-refractivity contribution in [2.45, 2.75) is 130 Å². The normalized spacial score (nSPS) is 16.0. The van der Waals surface area contributed by atoms with Crippen LogP contribution < -0.4 is 10.6 Å². The number of aryl methyl sites for hydroxylation is 2. The average Bonchev–Trinajstić information content (AvgIpc) is 2.82. The van der Waals surface area contributed by atoms with Crippen molar-refractivity contribution in [3.63, 3.8) is 0 Å². The molecule has 208 valence electrons. The number of nitrogens with one attached hydrogen (secondary N) is 2. The molecule has 0 bridgehead atoms. The Bertz CT molecular complexity index is 903. The number of nitrogens with zero attached hydrogens (tertiary/aromatic N) is 1. The lowest BCUT2D eigenvalue weighted by Gasteiger charge is -2.35. The van der Waals surface area contributed by atoms with Crippen molar-refractivity contribution in [2.24, 2.45) is 0 Å². The van der Waals surface area contributed by atoms with Gasteiger partial charge in [-0.3, -0.25) is 9.59 Å². The minimum atomic E-state index is -0.836. The van der Waals surface area contributed by atoms with Crippen LogP contribution in [0.3, 0.4) is 0 Å². The highest BCUT2D eigenvalue weighted by atomic mass is 16.6. The predicted molar refractivity (Wildman–Crippen MR) is 148 cm³/mol. The van der Waals surface area contributed by atoms with Crippen LogP contribution in [0.5, 0.6) is 0 Å². The maximum atomic E-state index is 13.9. The number of carbonyl (C=O) groups excluding carboxylic acids is 3. The van der Waals surface area contributed by atoms with Crippen molar-refractivity contribution in [3.05, 3.63) is 34.9 Å². The van der Waals surface area contributed by atoms with Gasteiger partial charge in [0.25, 0.3) is 0 Å². The van der Waals surface area contributed by atoms with Crippen LogP contribution in [0.4, 0.5) is 4.79 Å². The van der Waals surface area contributed by atoms with Crippen molar-refractivity contribution in [2.75, 3.05) is 6.54 Å². The van der Waals surface area contributed by atoms with E-state index in [1.807, 2.05) is 32.0 Å². The zero-order valence-corrected chi connectivity index (χ0v) is 24.1. The van der Waals surface area contributed by atoms with Gasteiger partial charge in [-0.25, -0.2) is 4.79 Å². The second kappa shape index (κ2) is 14.4. The quantitative estimate of drug-likeness (QED) is 0.348. The van der Waals surface area contributed by atoms with Gasteiger partial charge in [0, 0.05) is 12.6 Å². The number of amides is 3. The molecule has 1 aromatic carbocycles. The standard InChI is InChI=1S/C30H49N3O4/c1-8-9-10-14-19-33(28(35)23(4)31-29(36)37-30(5,6)7)26(24-18-17-21(2)22(3)20-24)27(34)32-25-15-12-11-13-16-25/h17-18,20,23,25-26H,8-16,19H2,1-7H3,(H,31,36)(H,32,34). The van der Waals surface area contributed by atoms with Crippen LogP contribution >= 0.6 is 0 Å². The Hall–Kier alpha value is -2.57. The van der Waals surface area contributed by atoms with E-state index >= 15 is 0 Å². The SMILES string of the molecule is CCCCCCN(C(=O)C(C)NC(=O)OC(C)(C)C)C(C(=O)NC1CCCCC1)c1ccc(C)c(C)c1.